The Hall–Kier alpha value is -1.36. The van der Waals surface area contributed by atoms with Crippen LogP contribution >= 0.6 is 0 Å². The Morgan fingerprint density at radius 3 is 2.58 bits per heavy atom. The van der Waals surface area contributed by atoms with E-state index in [1.165, 1.54) is 0 Å². The summed E-state index contributed by atoms with van der Waals surface area (Å²) in [4.78, 5) is 21.5. The molecule has 0 spiro atoms. The molecule has 0 bridgehead atoms. The minimum absolute atomic E-state index is 0.274. The van der Waals surface area contributed by atoms with E-state index in [9.17, 15) is 9.59 Å². The van der Waals surface area contributed by atoms with E-state index >= 15 is 0 Å². The van der Waals surface area contributed by atoms with Crippen LogP contribution in [-0.4, -0.2) is 18.5 Å². The van der Waals surface area contributed by atoms with Gasteiger partial charge >= 0.3 is 5.97 Å². The van der Waals surface area contributed by atoms with E-state index in [0.717, 1.165) is 0 Å². The summed E-state index contributed by atoms with van der Waals surface area (Å²) < 4.78 is 4.62. The van der Waals surface area contributed by atoms with Crippen molar-refractivity contribution in [2.24, 2.45) is 5.84 Å². The second-order valence-electron chi connectivity index (χ2n) is 2.09. The van der Waals surface area contributed by atoms with E-state index in [2.05, 4.69) is 11.3 Å². The molecule has 0 aromatic rings. The molecule has 3 N–H and O–H groups in total. The van der Waals surface area contributed by atoms with Crippen LogP contribution in [0.4, 0.5) is 0 Å². The average Bonchev–Trinajstić information content (AvgIpc) is 2.11. The number of ether oxygens (including phenoxy) is 1. The minimum atomic E-state index is -0.736. The summed E-state index contributed by atoms with van der Waals surface area (Å²) in [5.41, 5.74) is 1.50. The van der Waals surface area contributed by atoms with Gasteiger partial charge in [-0.3, -0.25) is 10.2 Å². The van der Waals surface area contributed by atoms with Gasteiger partial charge in [0.05, 0.1) is 6.61 Å². The van der Waals surface area contributed by atoms with Gasteiger partial charge in [-0.05, 0) is 6.42 Å². The van der Waals surface area contributed by atoms with Crippen LogP contribution in [0.25, 0.3) is 0 Å². The van der Waals surface area contributed by atoms with E-state index in [1.807, 2.05) is 6.92 Å². The first-order valence-electron chi connectivity index (χ1n) is 3.50. The summed E-state index contributed by atoms with van der Waals surface area (Å²) in [7, 11) is 0. The molecule has 0 fully saturated rings. The van der Waals surface area contributed by atoms with Gasteiger partial charge in [0.2, 0.25) is 0 Å². The van der Waals surface area contributed by atoms with Crippen molar-refractivity contribution in [1.29, 1.82) is 0 Å². The number of hydrogen-bond acceptors (Lipinski definition) is 4. The van der Waals surface area contributed by atoms with Gasteiger partial charge in [0, 0.05) is 0 Å². The molecule has 0 rings (SSSR count). The molecule has 0 saturated heterocycles. The van der Waals surface area contributed by atoms with Crippen molar-refractivity contribution in [2.75, 3.05) is 6.61 Å². The number of nitrogens with two attached hydrogens (primary N) is 1. The summed E-state index contributed by atoms with van der Waals surface area (Å²) in [6.07, 6.45) is 0.698. The molecule has 5 nitrogen and oxygen atoms in total. The average molecular weight is 172 g/mol. The molecule has 0 atom stereocenters. The third kappa shape index (κ3) is 3.16. The largest absolute Gasteiger partial charge is 0.462 e. The molecule has 0 saturated carbocycles. The molecule has 12 heavy (non-hydrogen) atoms. The molecule has 0 heterocycles. The van der Waals surface area contributed by atoms with E-state index in [0.29, 0.717) is 6.42 Å². The van der Waals surface area contributed by atoms with Gasteiger partial charge in [-0.15, -0.1) is 0 Å². The Bertz CT molecular complexity index is 201. The summed E-state index contributed by atoms with van der Waals surface area (Å²) in [6.45, 7) is 5.33. The normalized spacial score (nSPS) is 8.83. The van der Waals surface area contributed by atoms with Gasteiger partial charge in [0.25, 0.3) is 5.91 Å². The van der Waals surface area contributed by atoms with Crippen molar-refractivity contribution in [3.05, 3.63) is 12.2 Å². The molecular weight excluding hydrogens is 160 g/mol. The van der Waals surface area contributed by atoms with Gasteiger partial charge < -0.3 is 4.74 Å². The zero-order valence-electron chi connectivity index (χ0n) is 6.92. The number of amides is 1. The maximum Gasteiger partial charge on any atom is 0.343 e. The van der Waals surface area contributed by atoms with Crippen LogP contribution in [0.15, 0.2) is 12.2 Å². The second-order valence-corrected chi connectivity index (χ2v) is 2.09. The number of hydrogen-bond donors (Lipinski definition) is 2. The smallest absolute Gasteiger partial charge is 0.343 e. The Morgan fingerprint density at radius 2 is 2.17 bits per heavy atom. The van der Waals surface area contributed by atoms with Crippen molar-refractivity contribution >= 4 is 11.9 Å². The van der Waals surface area contributed by atoms with Crippen molar-refractivity contribution in [1.82, 2.24) is 5.43 Å². The van der Waals surface area contributed by atoms with Crippen molar-refractivity contribution < 1.29 is 14.3 Å². The maximum atomic E-state index is 10.9. The summed E-state index contributed by atoms with van der Waals surface area (Å²) in [5.74, 6) is 3.31. The van der Waals surface area contributed by atoms with E-state index in [1.54, 1.807) is 5.43 Å². The van der Waals surface area contributed by atoms with E-state index in [4.69, 9.17) is 5.84 Å². The highest BCUT2D eigenvalue weighted by Gasteiger charge is 2.15. The number of nitrogens with one attached hydrogen (secondary N) is 1. The number of esters is 1. The fourth-order valence-corrected chi connectivity index (χ4v) is 0.462. The lowest BCUT2D eigenvalue weighted by atomic mass is 10.3. The first-order valence-corrected chi connectivity index (χ1v) is 3.50. The van der Waals surface area contributed by atoms with Gasteiger partial charge in [0.1, 0.15) is 5.57 Å². The molecule has 0 aliphatic rings. The Balaban J connectivity index is 3.93. The first kappa shape index (κ1) is 10.6. The molecule has 1 amide bonds. The first-order chi connectivity index (χ1) is 5.63. The fourth-order valence-electron chi connectivity index (χ4n) is 0.462. The lowest BCUT2D eigenvalue weighted by Crippen LogP contribution is -2.34. The lowest BCUT2D eigenvalue weighted by molar-refractivity contribution is -0.140. The van der Waals surface area contributed by atoms with Crippen LogP contribution in [0.3, 0.4) is 0 Å². The van der Waals surface area contributed by atoms with Crippen LogP contribution in [0.2, 0.25) is 0 Å². The molecule has 68 valence electrons. The maximum absolute atomic E-state index is 10.9. The predicted octanol–water partition coefficient (Wildman–Crippen LogP) is -0.514. The molecule has 0 aromatic carbocycles. The highest BCUT2D eigenvalue weighted by atomic mass is 16.5. The van der Waals surface area contributed by atoms with Crippen LogP contribution in [0.5, 0.6) is 0 Å². The predicted molar refractivity (Wildman–Crippen MR) is 42.7 cm³/mol. The van der Waals surface area contributed by atoms with Crippen molar-refractivity contribution in [2.45, 2.75) is 13.3 Å². The topological polar surface area (TPSA) is 81.4 Å². The summed E-state index contributed by atoms with van der Waals surface area (Å²) in [5, 5.41) is 0. The van der Waals surface area contributed by atoms with Crippen molar-refractivity contribution in [3.8, 4) is 0 Å². The SMILES string of the molecule is C=C(C(=O)NN)C(=O)OCCC. The number of carbonyl (C=O) groups is 2. The monoisotopic (exact) mass is 172 g/mol. The molecule has 0 aliphatic heterocycles. The Kier molecular flexibility index (Phi) is 4.71. The van der Waals surface area contributed by atoms with Gasteiger partial charge in [0.15, 0.2) is 0 Å². The number of carbonyl (C=O) groups excluding carboxylic acids is 2. The lowest BCUT2D eigenvalue weighted by Gasteiger charge is -2.03. The fraction of sp³-hybridized carbons (Fsp3) is 0.429. The molecule has 0 radical (unpaired) electrons. The van der Waals surface area contributed by atoms with Crippen LogP contribution in [0.1, 0.15) is 13.3 Å². The molecule has 0 unspecified atom stereocenters. The third-order valence-electron chi connectivity index (χ3n) is 1.09. The highest BCUT2D eigenvalue weighted by Crippen LogP contribution is 1.94. The van der Waals surface area contributed by atoms with E-state index < -0.39 is 11.9 Å². The summed E-state index contributed by atoms with van der Waals surface area (Å²) in [6, 6.07) is 0. The number of hydrazine groups is 1. The van der Waals surface area contributed by atoms with Gasteiger partial charge in [-0.1, -0.05) is 13.5 Å². The summed E-state index contributed by atoms with van der Waals surface area (Å²) >= 11 is 0. The van der Waals surface area contributed by atoms with Crippen LogP contribution in [0, 0.1) is 0 Å². The minimum Gasteiger partial charge on any atom is -0.462 e. The van der Waals surface area contributed by atoms with Gasteiger partial charge in [-0.25, -0.2) is 10.6 Å². The molecule has 0 aromatic heterocycles. The standard InChI is InChI=1S/C7H12N2O3/c1-3-4-12-7(11)5(2)6(10)9-8/h2-4,8H2,1H3,(H,9,10). The van der Waals surface area contributed by atoms with Crippen LogP contribution < -0.4 is 11.3 Å². The van der Waals surface area contributed by atoms with Crippen LogP contribution in [-0.2, 0) is 14.3 Å². The number of rotatable bonds is 4. The zero-order chi connectivity index (χ0) is 9.56. The Morgan fingerprint density at radius 1 is 1.58 bits per heavy atom. The Labute approximate surface area is 70.5 Å². The quantitative estimate of drug-likeness (QED) is 0.114. The van der Waals surface area contributed by atoms with E-state index in [-0.39, 0.29) is 12.2 Å². The van der Waals surface area contributed by atoms with Crippen molar-refractivity contribution in [3.63, 3.8) is 0 Å². The van der Waals surface area contributed by atoms with Gasteiger partial charge in [-0.2, -0.15) is 0 Å². The molecular formula is C7H12N2O3. The zero-order valence-corrected chi connectivity index (χ0v) is 6.92. The highest BCUT2D eigenvalue weighted by molar-refractivity contribution is 6.15. The second kappa shape index (κ2) is 5.31. The molecule has 0 aliphatic carbocycles. The molecule has 5 heteroatoms. The third-order valence-corrected chi connectivity index (χ3v) is 1.09.